The van der Waals surface area contributed by atoms with E-state index in [0.29, 0.717) is 48.0 Å². The largest absolute Gasteiger partial charge is 0.493 e. The van der Waals surface area contributed by atoms with E-state index < -0.39 is 5.60 Å². The highest BCUT2D eigenvalue weighted by atomic mass is 16.6. The van der Waals surface area contributed by atoms with Gasteiger partial charge in [-0.05, 0) is 82.8 Å². The molecule has 2 unspecified atom stereocenters. The first kappa shape index (κ1) is 27.6. The first-order valence-corrected chi connectivity index (χ1v) is 13.3. The molecule has 204 valence electrons. The highest BCUT2D eigenvalue weighted by molar-refractivity contribution is 5.68. The van der Waals surface area contributed by atoms with E-state index in [9.17, 15) is 10.1 Å². The van der Waals surface area contributed by atoms with Crippen LogP contribution in [0, 0.1) is 11.3 Å². The van der Waals surface area contributed by atoms with Crippen molar-refractivity contribution in [2.45, 2.75) is 70.2 Å². The summed E-state index contributed by atoms with van der Waals surface area (Å²) in [7, 11) is 3.22. The Balaban J connectivity index is 1.41. The summed E-state index contributed by atoms with van der Waals surface area (Å²) >= 11 is 0. The summed E-state index contributed by atoms with van der Waals surface area (Å²) < 4.78 is 22.9. The number of piperazine rings is 1. The monoisotopic (exact) mass is 521 g/mol. The second-order valence-corrected chi connectivity index (χ2v) is 11.0. The van der Waals surface area contributed by atoms with Crippen LogP contribution in [-0.4, -0.2) is 67.4 Å². The van der Waals surface area contributed by atoms with Crippen molar-refractivity contribution in [2.24, 2.45) is 0 Å². The van der Waals surface area contributed by atoms with E-state index in [2.05, 4.69) is 11.0 Å². The molecule has 2 bridgehead atoms. The van der Waals surface area contributed by atoms with E-state index in [4.69, 9.17) is 18.9 Å². The molecular weight excluding hydrogens is 482 g/mol. The maximum atomic E-state index is 12.6. The van der Waals surface area contributed by atoms with Gasteiger partial charge in [0.05, 0.1) is 25.9 Å². The van der Waals surface area contributed by atoms with E-state index >= 15 is 0 Å². The number of ether oxygens (including phenoxy) is 4. The van der Waals surface area contributed by atoms with Gasteiger partial charge in [0.1, 0.15) is 17.5 Å². The topological polar surface area (TPSA) is 84.3 Å². The normalized spacial score (nSPS) is 19.9. The number of methoxy groups -OCH3 is 2. The van der Waals surface area contributed by atoms with Crippen LogP contribution in [0.15, 0.2) is 42.5 Å². The number of fused-ring (bicyclic) bond motifs is 2. The number of likely N-dealkylation sites (tertiary alicyclic amines) is 1. The highest BCUT2D eigenvalue weighted by Gasteiger charge is 2.42. The zero-order valence-corrected chi connectivity index (χ0v) is 23.1. The first-order valence-electron chi connectivity index (χ1n) is 13.3. The van der Waals surface area contributed by atoms with Gasteiger partial charge >= 0.3 is 6.09 Å². The third-order valence-corrected chi connectivity index (χ3v) is 7.21. The number of hydrogen-bond acceptors (Lipinski definition) is 7. The molecule has 2 aliphatic rings. The Kier molecular flexibility index (Phi) is 8.68. The SMILES string of the molecule is COc1ccc(O[C@H](CCCN2C3CCC2CN(C(=O)OC(C)(C)C)C3)c2ccc(C#N)cc2)cc1OC. The number of carbonyl (C=O) groups is 1. The van der Waals surface area contributed by atoms with Crippen molar-refractivity contribution in [3.8, 4) is 23.3 Å². The Bertz CT molecular complexity index is 1120. The Morgan fingerprint density at radius 3 is 2.26 bits per heavy atom. The van der Waals surface area contributed by atoms with Gasteiger partial charge in [0.25, 0.3) is 0 Å². The lowest BCUT2D eigenvalue weighted by Crippen LogP contribution is -2.56. The maximum Gasteiger partial charge on any atom is 0.410 e. The minimum Gasteiger partial charge on any atom is -0.493 e. The predicted octanol–water partition coefficient (Wildman–Crippen LogP) is 5.56. The fraction of sp³-hybridized carbons (Fsp3) is 0.533. The summed E-state index contributed by atoms with van der Waals surface area (Å²) in [6.07, 6.45) is 3.57. The Hall–Kier alpha value is -3.44. The summed E-state index contributed by atoms with van der Waals surface area (Å²) in [5.41, 5.74) is 1.16. The second-order valence-electron chi connectivity index (χ2n) is 11.0. The fourth-order valence-corrected chi connectivity index (χ4v) is 5.41. The molecular formula is C30H39N3O5. The summed E-state index contributed by atoms with van der Waals surface area (Å²) in [6.45, 7) is 8.09. The van der Waals surface area contributed by atoms with Gasteiger partial charge < -0.3 is 23.8 Å². The third-order valence-electron chi connectivity index (χ3n) is 7.21. The van der Waals surface area contributed by atoms with Crippen LogP contribution in [0.4, 0.5) is 4.79 Å². The Labute approximate surface area is 226 Å². The number of hydrogen-bond donors (Lipinski definition) is 0. The molecule has 38 heavy (non-hydrogen) atoms. The number of benzene rings is 2. The van der Waals surface area contributed by atoms with Crippen LogP contribution in [0.2, 0.25) is 0 Å². The van der Waals surface area contributed by atoms with Gasteiger partial charge in [0, 0.05) is 31.2 Å². The summed E-state index contributed by atoms with van der Waals surface area (Å²) in [5.74, 6) is 1.96. The van der Waals surface area contributed by atoms with Gasteiger partial charge in [-0.15, -0.1) is 0 Å². The molecule has 0 N–H and O–H groups in total. The van der Waals surface area contributed by atoms with Crippen LogP contribution in [0.25, 0.3) is 0 Å². The van der Waals surface area contributed by atoms with Gasteiger partial charge in [-0.25, -0.2) is 4.79 Å². The molecule has 0 spiro atoms. The lowest BCUT2D eigenvalue weighted by atomic mass is 10.0. The average molecular weight is 522 g/mol. The van der Waals surface area contributed by atoms with Crippen molar-refractivity contribution in [3.05, 3.63) is 53.6 Å². The maximum absolute atomic E-state index is 12.6. The second kappa shape index (κ2) is 12.0. The van der Waals surface area contributed by atoms with Crippen LogP contribution >= 0.6 is 0 Å². The van der Waals surface area contributed by atoms with E-state index in [-0.39, 0.29) is 12.2 Å². The smallest absolute Gasteiger partial charge is 0.410 e. The van der Waals surface area contributed by atoms with E-state index in [1.165, 1.54) is 0 Å². The molecule has 2 aliphatic heterocycles. The van der Waals surface area contributed by atoms with Gasteiger partial charge in [0.15, 0.2) is 11.5 Å². The molecule has 0 aromatic heterocycles. The number of rotatable bonds is 9. The fourth-order valence-electron chi connectivity index (χ4n) is 5.41. The van der Waals surface area contributed by atoms with Crippen molar-refractivity contribution in [3.63, 3.8) is 0 Å². The first-order chi connectivity index (χ1) is 18.2. The minimum absolute atomic E-state index is 0.179. The van der Waals surface area contributed by atoms with Crippen molar-refractivity contribution in [1.29, 1.82) is 5.26 Å². The van der Waals surface area contributed by atoms with Crippen molar-refractivity contribution >= 4 is 6.09 Å². The van der Waals surface area contributed by atoms with Crippen LogP contribution < -0.4 is 14.2 Å². The Morgan fingerprint density at radius 1 is 1.03 bits per heavy atom. The molecule has 0 saturated carbocycles. The zero-order valence-electron chi connectivity index (χ0n) is 23.1. The number of nitriles is 1. The van der Waals surface area contributed by atoms with Crippen LogP contribution in [-0.2, 0) is 4.74 Å². The standard InChI is InChI=1S/C30H39N3O5/c1-30(2,3)38-29(34)32-19-23-12-13-24(20-32)33(23)16-6-7-26(22-10-8-21(18-31)9-11-22)37-25-14-15-27(35-4)28(17-25)36-5/h8-11,14-15,17,23-24,26H,6-7,12-13,16,19-20H2,1-5H3/t23?,24?,26-/m1/s1. The van der Waals surface area contributed by atoms with Crippen LogP contribution in [0.3, 0.4) is 0 Å². The highest BCUT2D eigenvalue weighted by Crippen LogP contribution is 2.35. The lowest BCUT2D eigenvalue weighted by Gasteiger charge is -2.41. The molecule has 8 heteroatoms. The van der Waals surface area contributed by atoms with E-state index in [1.54, 1.807) is 14.2 Å². The number of nitrogens with zero attached hydrogens (tertiary/aromatic N) is 3. The third kappa shape index (κ3) is 6.70. The average Bonchev–Trinajstić information content (AvgIpc) is 3.12. The minimum atomic E-state index is -0.485. The molecule has 0 aliphatic carbocycles. The molecule has 4 rings (SSSR count). The number of amides is 1. The van der Waals surface area contributed by atoms with Crippen LogP contribution in [0.1, 0.15) is 63.7 Å². The molecule has 0 radical (unpaired) electrons. The lowest BCUT2D eigenvalue weighted by molar-refractivity contribution is 0.000763. The molecule has 2 aromatic carbocycles. The number of carbonyl (C=O) groups excluding carboxylic acids is 1. The molecule has 1 amide bonds. The predicted molar refractivity (Wildman–Crippen MR) is 145 cm³/mol. The quantitative estimate of drug-likeness (QED) is 0.427. The molecule has 3 atom stereocenters. The van der Waals surface area contributed by atoms with Gasteiger partial charge in [-0.2, -0.15) is 5.26 Å². The van der Waals surface area contributed by atoms with Crippen molar-refractivity contribution < 1.29 is 23.7 Å². The van der Waals surface area contributed by atoms with Gasteiger partial charge in [-0.1, -0.05) is 12.1 Å². The molecule has 2 fully saturated rings. The van der Waals surface area contributed by atoms with Crippen molar-refractivity contribution in [1.82, 2.24) is 9.80 Å². The molecule has 8 nitrogen and oxygen atoms in total. The molecule has 2 aromatic rings. The van der Waals surface area contributed by atoms with Crippen molar-refractivity contribution in [2.75, 3.05) is 33.9 Å². The van der Waals surface area contributed by atoms with Gasteiger partial charge in [-0.3, -0.25) is 4.90 Å². The summed E-state index contributed by atoms with van der Waals surface area (Å²) in [4.78, 5) is 17.1. The van der Waals surface area contributed by atoms with Crippen LogP contribution in [0.5, 0.6) is 17.2 Å². The molecule has 2 heterocycles. The summed E-state index contributed by atoms with van der Waals surface area (Å²) in [5, 5.41) is 9.21. The summed E-state index contributed by atoms with van der Waals surface area (Å²) in [6, 6.07) is 16.1. The van der Waals surface area contributed by atoms with E-state index in [1.807, 2.05) is 68.1 Å². The molecule has 2 saturated heterocycles. The van der Waals surface area contributed by atoms with E-state index in [0.717, 1.165) is 37.8 Å². The zero-order chi connectivity index (χ0) is 27.3. The van der Waals surface area contributed by atoms with Gasteiger partial charge in [0.2, 0.25) is 0 Å². The Morgan fingerprint density at radius 2 is 1.68 bits per heavy atom.